The van der Waals surface area contributed by atoms with Gasteiger partial charge in [0.2, 0.25) is 0 Å². The van der Waals surface area contributed by atoms with E-state index < -0.39 is 17.6 Å². The monoisotopic (exact) mass is 369 g/mol. The summed E-state index contributed by atoms with van der Waals surface area (Å²) in [6, 6.07) is 12.9. The summed E-state index contributed by atoms with van der Waals surface area (Å²) >= 11 is 5.09. The molecule has 0 atom stereocenters. The fourth-order valence-corrected chi connectivity index (χ4v) is 2.82. The fraction of sp³-hybridized carbons (Fsp3) is 0.105. The van der Waals surface area contributed by atoms with E-state index in [1.165, 1.54) is 24.3 Å². The zero-order chi connectivity index (χ0) is 18.8. The molecule has 7 heteroatoms. The summed E-state index contributed by atoms with van der Waals surface area (Å²) in [5, 5.41) is 2.40. The molecule has 1 N–H and O–H groups in total. The molecule has 1 saturated heterocycles. The molecule has 3 rings (SSSR count). The highest BCUT2D eigenvalue weighted by atomic mass is 32.1. The van der Waals surface area contributed by atoms with Crippen LogP contribution in [-0.2, 0) is 9.59 Å². The second-order valence-corrected chi connectivity index (χ2v) is 6.31. The van der Waals surface area contributed by atoms with Gasteiger partial charge in [-0.15, -0.1) is 0 Å². The Morgan fingerprint density at radius 3 is 2.42 bits per heavy atom. The van der Waals surface area contributed by atoms with Crippen LogP contribution in [0.3, 0.4) is 0 Å². The Balaban J connectivity index is 1.97. The fourth-order valence-electron chi connectivity index (χ4n) is 2.54. The number of carbonyl (C=O) groups excluding carboxylic acids is 2. The van der Waals surface area contributed by atoms with E-state index in [0.717, 1.165) is 10.6 Å². The molecule has 1 heterocycles. The van der Waals surface area contributed by atoms with Gasteiger partial charge in [0.1, 0.15) is 11.4 Å². The second kappa shape index (κ2) is 7.05. The third kappa shape index (κ3) is 3.48. The van der Waals surface area contributed by atoms with Crippen LogP contribution in [0.25, 0.3) is 6.08 Å². The molecule has 2 aromatic carbocycles. The van der Waals surface area contributed by atoms with Crippen LogP contribution in [0.15, 0.2) is 54.1 Å². The first-order valence-corrected chi connectivity index (χ1v) is 8.22. The quantitative estimate of drug-likeness (QED) is 0.514. The van der Waals surface area contributed by atoms with Gasteiger partial charge in [-0.1, -0.05) is 18.2 Å². The van der Waals surface area contributed by atoms with Gasteiger partial charge in [0.25, 0.3) is 11.8 Å². The molecule has 2 aromatic rings. The number of nitrogens with one attached hydrogen (secondary N) is 1. The van der Waals surface area contributed by atoms with Gasteiger partial charge < -0.3 is 4.90 Å². The van der Waals surface area contributed by atoms with E-state index in [4.69, 9.17) is 12.2 Å². The molecule has 1 fully saturated rings. The number of hydrogen-bond acceptors (Lipinski definition) is 4. The van der Waals surface area contributed by atoms with E-state index in [0.29, 0.717) is 5.56 Å². The van der Waals surface area contributed by atoms with Gasteiger partial charge in [0, 0.05) is 19.8 Å². The van der Waals surface area contributed by atoms with E-state index >= 15 is 0 Å². The van der Waals surface area contributed by atoms with Gasteiger partial charge in [-0.05, 0) is 54.2 Å². The van der Waals surface area contributed by atoms with E-state index in [9.17, 15) is 14.0 Å². The average molecular weight is 369 g/mol. The van der Waals surface area contributed by atoms with Crippen molar-refractivity contribution in [1.82, 2.24) is 5.32 Å². The molecule has 0 spiro atoms. The molecule has 0 saturated carbocycles. The summed E-state index contributed by atoms with van der Waals surface area (Å²) in [7, 11) is 3.84. The van der Waals surface area contributed by atoms with E-state index in [1.54, 1.807) is 6.07 Å². The van der Waals surface area contributed by atoms with Gasteiger partial charge in [-0.25, -0.2) is 4.39 Å². The number of thiocarbonyl (C=S) groups is 1. The highest BCUT2D eigenvalue weighted by molar-refractivity contribution is 7.80. The topological polar surface area (TPSA) is 52.7 Å². The third-order valence-electron chi connectivity index (χ3n) is 3.89. The first kappa shape index (κ1) is 17.8. The van der Waals surface area contributed by atoms with Crippen molar-refractivity contribution in [3.8, 4) is 0 Å². The minimum atomic E-state index is -0.596. The highest BCUT2D eigenvalue weighted by Crippen LogP contribution is 2.23. The number of rotatable bonds is 3. The van der Waals surface area contributed by atoms with Crippen molar-refractivity contribution in [2.75, 3.05) is 23.9 Å². The standard InChI is InChI=1S/C19H16FN3O2S/c1-22(2)14-8-6-12(7-9-14)10-16-17(24)21-19(26)23(18(16)25)15-5-3-4-13(20)11-15/h3-11H,1-2H3,(H,21,24,26)/b16-10-. The molecule has 5 nitrogen and oxygen atoms in total. The van der Waals surface area contributed by atoms with E-state index in [2.05, 4.69) is 5.32 Å². The Hall–Kier alpha value is -3.06. The number of anilines is 2. The number of benzene rings is 2. The predicted octanol–water partition coefficient (Wildman–Crippen LogP) is 2.72. The zero-order valence-electron chi connectivity index (χ0n) is 14.2. The molecule has 0 radical (unpaired) electrons. The lowest BCUT2D eigenvalue weighted by atomic mass is 10.1. The number of hydrogen-bond donors (Lipinski definition) is 1. The largest absolute Gasteiger partial charge is 0.378 e. The van der Waals surface area contributed by atoms with Crippen molar-refractivity contribution >= 4 is 46.6 Å². The normalized spacial score (nSPS) is 16.0. The Morgan fingerprint density at radius 2 is 1.81 bits per heavy atom. The van der Waals surface area contributed by atoms with Crippen LogP contribution in [0.1, 0.15) is 5.56 Å². The maximum absolute atomic E-state index is 13.5. The molecule has 132 valence electrons. The van der Waals surface area contributed by atoms with Crippen LogP contribution >= 0.6 is 12.2 Å². The Bertz CT molecular complexity index is 923. The first-order valence-electron chi connectivity index (χ1n) is 7.81. The summed E-state index contributed by atoms with van der Waals surface area (Å²) in [5.41, 5.74) is 1.88. The molecule has 2 amide bonds. The van der Waals surface area contributed by atoms with Crippen LogP contribution < -0.4 is 15.1 Å². The molecule has 1 aliphatic rings. The van der Waals surface area contributed by atoms with Crippen molar-refractivity contribution in [2.24, 2.45) is 0 Å². The summed E-state index contributed by atoms with van der Waals surface area (Å²) in [6.45, 7) is 0. The lowest BCUT2D eigenvalue weighted by Crippen LogP contribution is -2.54. The number of halogens is 1. The maximum Gasteiger partial charge on any atom is 0.270 e. The molecule has 1 aliphatic heterocycles. The Morgan fingerprint density at radius 1 is 1.12 bits per heavy atom. The van der Waals surface area contributed by atoms with E-state index in [-0.39, 0.29) is 16.4 Å². The molecular formula is C19H16FN3O2S. The van der Waals surface area contributed by atoms with Crippen LogP contribution in [0.2, 0.25) is 0 Å². The third-order valence-corrected chi connectivity index (χ3v) is 4.17. The SMILES string of the molecule is CN(C)c1ccc(/C=C2/C(=O)NC(=S)N(c3cccc(F)c3)C2=O)cc1. The van der Waals surface area contributed by atoms with Gasteiger partial charge in [0.15, 0.2) is 5.11 Å². The predicted molar refractivity (Wildman–Crippen MR) is 103 cm³/mol. The maximum atomic E-state index is 13.5. The van der Waals surface area contributed by atoms with Crippen molar-refractivity contribution in [1.29, 1.82) is 0 Å². The molecule has 0 aromatic heterocycles. The Labute approximate surface area is 155 Å². The van der Waals surface area contributed by atoms with Crippen LogP contribution in [0.5, 0.6) is 0 Å². The molecule has 0 aliphatic carbocycles. The summed E-state index contributed by atoms with van der Waals surface area (Å²) < 4.78 is 13.5. The highest BCUT2D eigenvalue weighted by Gasteiger charge is 2.34. The van der Waals surface area contributed by atoms with Gasteiger partial charge in [-0.2, -0.15) is 0 Å². The lowest BCUT2D eigenvalue weighted by Gasteiger charge is -2.28. The van der Waals surface area contributed by atoms with E-state index in [1.807, 2.05) is 43.3 Å². The Kier molecular flexibility index (Phi) is 4.81. The first-order chi connectivity index (χ1) is 12.4. The van der Waals surface area contributed by atoms with Crippen molar-refractivity contribution in [3.05, 3.63) is 65.5 Å². The van der Waals surface area contributed by atoms with Crippen LogP contribution in [0, 0.1) is 5.82 Å². The zero-order valence-corrected chi connectivity index (χ0v) is 15.0. The number of nitrogens with zero attached hydrogens (tertiary/aromatic N) is 2. The number of amides is 2. The van der Waals surface area contributed by atoms with Crippen molar-refractivity contribution in [3.63, 3.8) is 0 Å². The lowest BCUT2D eigenvalue weighted by molar-refractivity contribution is -0.122. The van der Waals surface area contributed by atoms with Gasteiger partial charge in [0.05, 0.1) is 5.69 Å². The minimum absolute atomic E-state index is 0.0690. The van der Waals surface area contributed by atoms with Crippen molar-refractivity contribution in [2.45, 2.75) is 0 Å². The second-order valence-electron chi connectivity index (χ2n) is 5.92. The smallest absolute Gasteiger partial charge is 0.270 e. The van der Waals surface area contributed by atoms with Crippen LogP contribution in [0.4, 0.5) is 15.8 Å². The average Bonchev–Trinajstić information content (AvgIpc) is 2.59. The minimum Gasteiger partial charge on any atom is -0.378 e. The summed E-state index contributed by atoms with van der Waals surface area (Å²) in [6.07, 6.45) is 1.49. The van der Waals surface area contributed by atoms with Crippen LogP contribution in [-0.4, -0.2) is 31.0 Å². The molecule has 26 heavy (non-hydrogen) atoms. The molecular weight excluding hydrogens is 353 g/mol. The van der Waals surface area contributed by atoms with Crippen molar-refractivity contribution < 1.29 is 14.0 Å². The summed E-state index contributed by atoms with van der Waals surface area (Å²) in [5.74, 6) is -1.68. The van der Waals surface area contributed by atoms with Gasteiger partial charge >= 0.3 is 0 Å². The molecule has 0 bridgehead atoms. The van der Waals surface area contributed by atoms with Gasteiger partial charge in [-0.3, -0.25) is 19.8 Å². The number of carbonyl (C=O) groups is 2. The molecule has 0 unspecified atom stereocenters. The summed E-state index contributed by atoms with van der Waals surface area (Å²) in [4.78, 5) is 28.1.